The number of nitrogen functional groups attached to an aromatic ring is 1. The van der Waals surface area contributed by atoms with E-state index in [0.29, 0.717) is 18.2 Å². The van der Waals surface area contributed by atoms with Gasteiger partial charge in [0, 0.05) is 13.2 Å². The van der Waals surface area contributed by atoms with Gasteiger partial charge in [-0.3, -0.25) is 4.68 Å². The topological polar surface area (TPSA) is 81.7 Å². The van der Waals surface area contributed by atoms with E-state index in [1.54, 1.807) is 23.0 Å². The average molecular weight is 204 g/mol. The SMILES string of the molecule is Cn1nccc1CNc1ccc(N)nn1. The first-order valence-corrected chi connectivity index (χ1v) is 4.55. The van der Waals surface area contributed by atoms with E-state index in [4.69, 9.17) is 5.73 Å². The van der Waals surface area contributed by atoms with Crippen molar-refractivity contribution in [3.63, 3.8) is 0 Å². The van der Waals surface area contributed by atoms with Crippen molar-refractivity contribution in [3.05, 3.63) is 30.1 Å². The number of anilines is 2. The first kappa shape index (κ1) is 9.45. The third-order valence-corrected chi connectivity index (χ3v) is 2.06. The first-order chi connectivity index (χ1) is 7.25. The van der Waals surface area contributed by atoms with Gasteiger partial charge < -0.3 is 11.1 Å². The highest BCUT2D eigenvalue weighted by molar-refractivity contribution is 5.38. The molecule has 15 heavy (non-hydrogen) atoms. The van der Waals surface area contributed by atoms with Gasteiger partial charge in [-0.1, -0.05) is 0 Å². The van der Waals surface area contributed by atoms with E-state index in [9.17, 15) is 0 Å². The van der Waals surface area contributed by atoms with Crippen molar-refractivity contribution in [1.29, 1.82) is 0 Å². The molecule has 6 heteroatoms. The zero-order valence-electron chi connectivity index (χ0n) is 8.38. The number of aryl methyl sites for hydroxylation is 1. The first-order valence-electron chi connectivity index (χ1n) is 4.55. The van der Waals surface area contributed by atoms with Crippen LogP contribution in [0.3, 0.4) is 0 Å². The molecule has 0 atom stereocenters. The molecule has 6 nitrogen and oxygen atoms in total. The van der Waals surface area contributed by atoms with Crippen molar-refractivity contribution in [2.75, 3.05) is 11.1 Å². The van der Waals surface area contributed by atoms with Crippen molar-refractivity contribution in [2.45, 2.75) is 6.54 Å². The Kier molecular flexibility index (Phi) is 2.49. The summed E-state index contributed by atoms with van der Waals surface area (Å²) in [5, 5.41) is 14.8. The van der Waals surface area contributed by atoms with Crippen LogP contribution in [0.2, 0.25) is 0 Å². The van der Waals surface area contributed by atoms with E-state index in [-0.39, 0.29) is 0 Å². The third kappa shape index (κ3) is 2.22. The zero-order valence-corrected chi connectivity index (χ0v) is 8.38. The van der Waals surface area contributed by atoms with Gasteiger partial charge in [0.05, 0.1) is 12.2 Å². The molecule has 0 amide bonds. The van der Waals surface area contributed by atoms with Gasteiger partial charge in [0.25, 0.3) is 0 Å². The number of nitrogens with two attached hydrogens (primary N) is 1. The maximum absolute atomic E-state index is 5.43. The maximum Gasteiger partial charge on any atom is 0.149 e. The molecule has 0 fully saturated rings. The largest absolute Gasteiger partial charge is 0.382 e. The second-order valence-electron chi connectivity index (χ2n) is 3.14. The van der Waals surface area contributed by atoms with Gasteiger partial charge in [-0.05, 0) is 18.2 Å². The standard InChI is InChI=1S/C9H12N6/c1-15-7(4-5-12-15)6-11-9-3-2-8(10)13-14-9/h2-5H,6H2,1H3,(H2,10,13)(H,11,14). The van der Waals surface area contributed by atoms with Gasteiger partial charge in [-0.2, -0.15) is 5.10 Å². The van der Waals surface area contributed by atoms with Crippen LogP contribution in [0.25, 0.3) is 0 Å². The van der Waals surface area contributed by atoms with Crippen LogP contribution < -0.4 is 11.1 Å². The fourth-order valence-electron chi connectivity index (χ4n) is 1.19. The highest BCUT2D eigenvalue weighted by Gasteiger charge is 1.99. The van der Waals surface area contributed by atoms with Gasteiger partial charge in [-0.15, -0.1) is 10.2 Å². The minimum absolute atomic E-state index is 0.418. The smallest absolute Gasteiger partial charge is 0.149 e. The highest BCUT2D eigenvalue weighted by Crippen LogP contribution is 2.05. The van der Waals surface area contributed by atoms with E-state index < -0.39 is 0 Å². The third-order valence-electron chi connectivity index (χ3n) is 2.06. The van der Waals surface area contributed by atoms with Crippen molar-refractivity contribution in [2.24, 2.45) is 7.05 Å². The number of nitrogens with zero attached hydrogens (tertiary/aromatic N) is 4. The summed E-state index contributed by atoms with van der Waals surface area (Å²) < 4.78 is 1.80. The molecule has 2 aromatic rings. The molecule has 0 radical (unpaired) electrons. The fourth-order valence-corrected chi connectivity index (χ4v) is 1.19. The number of rotatable bonds is 3. The summed E-state index contributed by atoms with van der Waals surface area (Å²) in [5.41, 5.74) is 6.50. The molecular formula is C9H12N6. The Hall–Kier alpha value is -2.11. The molecule has 0 unspecified atom stereocenters. The summed E-state index contributed by atoms with van der Waals surface area (Å²) in [4.78, 5) is 0. The summed E-state index contributed by atoms with van der Waals surface area (Å²) >= 11 is 0. The van der Waals surface area contributed by atoms with E-state index >= 15 is 0 Å². The lowest BCUT2D eigenvalue weighted by Crippen LogP contribution is -2.07. The molecule has 0 aliphatic rings. The van der Waals surface area contributed by atoms with Crippen molar-refractivity contribution in [3.8, 4) is 0 Å². The predicted molar refractivity (Wildman–Crippen MR) is 57.0 cm³/mol. The van der Waals surface area contributed by atoms with Crippen LogP contribution in [-0.4, -0.2) is 20.0 Å². The normalized spacial score (nSPS) is 10.2. The van der Waals surface area contributed by atoms with Crippen LogP contribution >= 0.6 is 0 Å². The molecule has 78 valence electrons. The summed E-state index contributed by atoms with van der Waals surface area (Å²) in [5.74, 6) is 1.12. The fraction of sp³-hybridized carbons (Fsp3) is 0.222. The number of hydrogen-bond acceptors (Lipinski definition) is 5. The van der Waals surface area contributed by atoms with Crippen LogP contribution in [-0.2, 0) is 13.6 Å². The summed E-state index contributed by atoms with van der Waals surface area (Å²) in [7, 11) is 1.89. The van der Waals surface area contributed by atoms with Gasteiger partial charge in [0.2, 0.25) is 0 Å². The number of hydrogen-bond donors (Lipinski definition) is 2. The molecule has 0 aliphatic heterocycles. The van der Waals surface area contributed by atoms with Crippen molar-refractivity contribution in [1.82, 2.24) is 20.0 Å². The Bertz CT molecular complexity index is 432. The van der Waals surface area contributed by atoms with Gasteiger partial charge in [0.15, 0.2) is 0 Å². The van der Waals surface area contributed by atoms with Crippen molar-refractivity contribution >= 4 is 11.6 Å². The molecule has 0 saturated carbocycles. The van der Waals surface area contributed by atoms with Crippen LogP contribution in [0.5, 0.6) is 0 Å². The molecule has 0 aliphatic carbocycles. The summed E-state index contributed by atoms with van der Waals surface area (Å²) in [6.07, 6.45) is 1.76. The monoisotopic (exact) mass is 204 g/mol. The Balaban J connectivity index is 1.99. The molecule has 0 aromatic carbocycles. The second-order valence-corrected chi connectivity index (χ2v) is 3.14. The average Bonchev–Trinajstić information content (AvgIpc) is 2.63. The molecule has 2 rings (SSSR count). The van der Waals surface area contributed by atoms with E-state index in [2.05, 4.69) is 20.6 Å². The zero-order chi connectivity index (χ0) is 10.7. The van der Waals surface area contributed by atoms with Crippen LogP contribution in [0.15, 0.2) is 24.4 Å². The molecule has 0 spiro atoms. The quantitative estimate of drug-likeness (QED) is 0.756. The summed E-state index contributed by atoms with van der Waals surface area (Å²) in [6, 6.07) is 5.44. The number of aromatic nitrogens is 4. The van der Waals surface area contributed by atoms with Crippen LogP contribution in [0.4, 0.5) is 11.6 Å². The second kappa shape index (κ2) is 3.95. The van der Waals surface area contributed by atoms with Gasteiger partial charge in [-0.25, -0.2) is 0 Å². The van der Waals surface area contributed by atoms with Gasteiger partial charge in [0.1, 0.15) is 11.6 Å². The van der Waals surface area contributed by atoms with E-state index in [1.165, 1.54) is 0 Å². The molecule has 2 heterocycles. The Morgan fingerprint density at radius 1 is 1.33 bits per heavy atom. The van der Waals surface area contributed by atoms with Crippen LogP contribution in [0.1, 0.15) is 5.69 Å². The van der Waals surface area contributed by atoms with Gasteiger partial charge >= 0.3 is 0 Å². The lowest BCUT2D eigenvalue weighted by molar-refractivity contribution is 0.719. The van der Waals surface area contributed by atoms with Crippen LogP contribution in [0, 0.1) is 0 Å². The lowest BCUT2D eigenvalue weighted by Gasteiger charge is -2.04. The molecular weight excluding hydrogens is 192 g/mol. The minimum Gasteiger partial charge on any atom is -0.382 e. The lowest BCUT2D eigenvalue weighted by atomic mass is 10.4. The summed E-state index contributed by atoms with van der Waals surface area (Å²) in [6.45, 7) is 0.662. The molecule has 0 saturated heterocycles. The van der Waals surface area contributed by atoms with E-state index in [1.807, 2.05) is 13.1 Å². The Labute approximate surface area is 87.1 Å². The Morgan fingerprint density at radius 3 is 2.80 bits per heavy atom. The molecule has 2 aromatic heterocycles. The molecule has 3 N–H and O–H groups in total. The number of nitrogens with one attached hydrogen (secondary N) is 1. The van der Waals surface area contributed by atoms with E-state index in [0.717, 1.165) is 5.69 Å². The maximum atomic E-state index is 5.43. The highest BCUT2D eigenvalue weighted by atomic mass is 15.3. The molecule has 0 bridgehead atoms. The predicted octanol–water partition coefficient (Wildman–Crippen LogP) is 0.404. The van der Waals surface area contributed by atoms with Crippen molar-refractivity contribution < 1.29 is 0 Å². The Morgan fingerprint density at radius 2 is 2.20 bits per heavy atom. The minimum atomic E-state index is 0.418.